The Bertz CT molecular complexity index is 1710. The second-order valence-corrected chi connectivity index (χ2v) is 10.8. The molecular weight excluding hydrogens is 528 g/mol. The van der Waals surface area contributed by atoms with Crippen LogP contribution in [0, 0.1) is 0 Å². The first-order chi connectivity index (χ1) is 20.5. The lowest BCUT2D eigenvalue weighted by molar-refractivity contribution is -0.128. The summed E-state index contributed by atoms with van der Waals surface area (Å²) in [4.78, 5) is 35.2. The van der Waals surface area contributed by atoms with Crippen LogP contribution < -0.4 is 15.0 Å². The lowest BCUT2D eigenvalue weighted by Gasteiger charge is -2.34. The molecule has 2 heterocycles. The topological polar surface area (TPSA) is 102 Å². The molecule has 1 aliphatic rings. The van der Waals surface area contributed by atoms with E-state index in [0.717, 1.165) is 42.1 Å². The van der Waals surface area contributed by atoms with Gasteiger partial charge in [0.25, 0.3) is 5.91 Å². The van der Waals surface area contributed by atoms with Crippen LogP contribution in [-0.2, 0) is 9.59 Å². The molecular formula is C33H34N6O3. The first-order valence-electron chi connectivity index (χ1n) is 14.5. The van der Waals surface area contributed by atoms with Crippen molar-refractivity contribution in [2.45, 2.75) is 57.2 Å². The second kappa shape index (κ2) is 12.0. The van der Waals surface area contributed by atoms with Crippen LogP contribution >= 0.6 is 0 Å². The number of para-hydroxylation sites is 2. The van der Waals surface area contributed by atoms with Gasteiger partial charge < -0.3 is 10.1 Å². The number of methoxy groups -OCH3 is 1. The van der Waals surface area contributed by atoms with E-state index in [4.69, 9.17) is 4.74 Å². The molecule has 0 spiro atoms. The zero-order valence-corrected chi connectivity index (χ0v) is 23.8. The fourth-order valence-corrected chi connectivity index (χ4v) is 5.80. The maximum Gasteiger partial charge on any atom is 0.252 e. The quantitative estimate of drug-likeness (QED) is 0.258. The molecule has 0 radical (unpaired) electrons. The third-order valence-corrected chi connectivity index (χ3v) is 8.08. The van der Waals surface area contributed by atoms with Crippen molar-refractivity contribution in [3.05, 3.63) is 90.6 Å². The zero-order valence-electron chi connectivity index (χ0n) is 23.8. The molecule has 3 aromatic carbocycles. The molecule has 0 unspecified atom stereocenters. The third-order valence-electron chi connectivity index (χ3n) is 8.08. The molecule has 2 atom stereocenters. The lowest BCUT2D eigenvalue weighted by atomic mass is 9.94. The van der Waals surface area contributed by atoms with Gasteiger partial charge in [-0.15, -0.1) is 5.10 Å². The van der Waals surface area contributed by atoms with Gasteiger partial charge in [0, 0.05) is 11.4 Å². The Morgan fingerprint density at radius 3 is 2.43 bits per heavy atom. The van der Waals surface area contributed by atoms with Gasteiger partial charge in [-0.2, -0.15) is 0 Å². The maximum absolute atomic E-state index is 14.7. The van der Waals surface area contributed by atoms with Gasteiger partial charge in [0.15, 0.2) is 0 Å². The van der Waals surface area contributed by atoms with Gasteiger partial charge in [-0.25, -0.2) is 4.68 Å². The number of benzene rings is 3. The SMILES string of the molecule is COc1ccc([C@H](C(=O)NC2CCCCC2)N(C(=O)[C@H](C)n2nnc3ccccc32)c2cnc3ccccc3c2)cc1. The minimum atomic E-state index is -0.953. The van der Waals surface area contributed by atoms with Crippen LogP contribution in [0.2, 0.25) is 0 Å². The molecule has 0 saturated heterocycles. The van der Waals surface area contributed by atoms with Crippen molar-refractivity contribution in [2.75, 3.05) is 12.0 Å². The summed E-state index contributed by atoms with van der Waals surface area (Å²) in [6.07, 6.45) is 6.83. The Morgan fingerprint density at radius 2 is 1.67 bits per heavy atom. The highest BCUT2D eigenvalue weighted by Crippen LogP contribution is 2.33. The highest BCUT2D eigenvalue weighted by Gasteiger charge is 2.37. The van der Waals surface area contributed by atoms with E-state index in [2.05, 4.69) is 20.6 Å². The summed E-state index contributed by atoms with van der Waals surface area (Å²) in [7, 11) is 1.60. The van der Waals surface area contributed by atoms with Crippen LogP contribution in [0.4, 0.5) is 5.69 Å². The Hall–Kier alpha value is -4.79. The molecule has 0 aliphatic heterocycles. The number of aromatic nitrogens is 4. The molecule has 214 valence electrons. The number of fused-ring (bicyclic) bond motifs is 2. The van der Waals surface area contributed by atoms with E-state index in [1.807, 2.05) is 78.9 Å². The Balaban J connectivity index is 1.48. The molecule has 1 N–H and O–H groups in total. The molecule has 6 rings (SSSR count). The van der Waals surface area contributed by atoms with Gasteiger partial charge in [0.05, 0.1) is 30.0 Å². The summed E-state index contributed by atoms with van der Waals surface area (Å²) >= 11 is 0. The number of anilines is 1. The Kier molecular flexibility index (Phi) is 7.81. The van der Waals surface area contributed by atoms with Crippen molar-refractivity contribution < 1.29 is 14.3 Å². The van der Waals surface area contributed by atoms with E-state index >= 15 is 0 Å². The van der Waals surface area contributed by atoms with E-state index in [9.17, 15) is 9.59 Å². The number of ether oxygens (including phenoxy) is 1. The van der Waals surface area contributed by atoms with Crippen LogP contribution in [0.15, 0.2) is 85.1 Å². The highest BCUT2D eigenvalue weighted by molar-refractivity contribution is 6.04. The number of hydrogen-bond acceptors (Lipinski definition) is 6. The van der Waals surface area contributed by atoms with Crippen LogP contribution in [0.25, 0.3) is 21.9 Å². The van der Waals surface area contributed by atoms with Crippen LogP contribution in [0.1, 0.15) is 56.7 Å². The molecule has 2 amide bonds. The van der Waals surface area contributed by atoms with Gasteiger partial charge in [-0.1, -0.05) is 66.9 Å². The number of carbonyl (C=O) groups excluding carboxylic acids is 2. The highest BCUT2D eigenvalue weighted by atomic mass is 16.5. The number of carbonyl (C=O) groups is 2. The predicted molar refractivity (Wildman–Crippen MR) is 162 cm³/mol. The number of hydrogen-bond donors (Lipinski definition) is 1. The van der Waals surface area contributed by atoms with E-state index in [1.165, 1.54) is 6.42 Å². The number of nitrogens with one attached hydrogen (secondary N) is 1. The number of pyridine rings is 1. The molecule has 1 saturated carbocycles. The number of rotatable bonds is 8. The summed E-state index contributed by atoms with van der Waals surface area (Å²) in [5.41, 5.74) is 3.42. The van der Waals surface area contributed by atoms with Crippen LogP contribution in [0.5, 0.6) is 5.75 Å². The summed E-state index contributed by atoms with van der Waals surface area (Å²) in [6, 6.07) is 22.8. The molecule has 9 nitrogen and oxygen atoms in total. The maximum atomic E-state index is 14.7. The number of amides is 2. The molecule has 0 bridgehead atoms. The van der Waals surface area contributed by atoms with Crippen molar-refractivity contribution in [2.24, 2.45) is 0 Å². The summed E-state index contributed by atoms with van der Waals surface area (Å²) in [6.45, 7) is 1.79. The molecule has 2 aromatic heterocycles. The van der Waals surface area contributed by atoms with Crippen molar-refractivity contribution in [1.29, 1.82) is 0 Å². The molecule has 9 heteroatoms. The van der Waals surface area contributed by atoms with E-state index in [0.29, 0.717) is 22.5 Å². The van der Waals surface area contributed by atoms with Gasteiger partial charge >= 0.3 is 0 Å². The van der Waals surface area contributed by atoms with Crippen molar-refractivity contribution in [3.63, 3.8) is 0 Å². The van der Waals surface area contributed by atoms with Gasteiger partial charge in [0.2, 0.25) is 5.91 Å². The summed E-state index contributed by atoms with van der Waals surface area (Å²) in [5, 5.41) is 12.7. The van der Waals surface area contributed by atoms with Crippen molar-refractivity contribution in [3.8, 4) is 5.75 Å². The van der Waals surface area contributed by atoms with Crippen molar-refractivity contribution in [1.82, 2.24) is 25.3 Å². The minimum absolute atomic E-state index is 0.0651. The van der Waals surface area contributed by atoms with Crippen molar-refractivity contribution >= 4 is 39.4 Å². The molecule has 42 heavy (non-hydrogen) atoms. The average Bonchev–Trinajstić information content (AvgIpc) is 3.47. The smallest absolute Gasteiger partial charge is 0.252 e. The van der Waals surface area contributed by atoms with Gasteiger partial charge in [-0.05, 0) is 61.7 Å². The first kappa shape index (κ1) is 27.4. The van der Waals surface area contributed by atoms with E-state index < -0.39 is 12.1 Å². The normalized spacial score (nSPS) is 15.3. The predicted octanol–water partition coefficient (Wildman–Crippen LogP) is 5.77. The largest absolute Gasteiger partial charge is 0.497 e. The van der Waals surface area contributed by atoms with Crippen LogP contribution in [0.3, 0.4) is 0 Å². The fourth-order valence-electron chi connectivity index (χ4n) is 5.80. The molecule has 1 aliphatic carbocycles. The Morgan fingerprint density at radius 1 is 0.952 bits per heavy atom. The molecule has 1 fully saturated rings. The zero-order chi connectivity index (χ0) is 29.1. The van der Waals surface area contributed by atoms with Gasteiger partial charge in [-0.3, -0.25) is 19.5 Å². The lowest BCUT2D eigenvalue weighted by Crippen LogP contribution is -2.49. The van der Waals surface area contributed by atoms with Gasteiger partial charge in [0.1, 0.15) is 23.3 Å². The van der Waals surface area contributed by atoms with E-state index in [1.54, 1.807) is 29.8 Å². The third kappa shape index (κ3) is 5.42. The summed E-state index contributed by atoms with van der Waals surface area (Å²) < 4.78 is 7.00. The monoisotopic (exact) mass is 562 g/mol. The Labute approximate surface area is 244 Å². The fraction of sp³-hybridized carbons (Fsp3) is 0.303. The molecule has 5 aromatic rings. The first-order valence-corrected chi connectivity index (χ1v) is 14.5. The van der Waals surface area contributed by atoms with Crippen LogP contribution in [-0.4, -0.2) is 44.9 Å². The summed E-state index contributed by atoms with van der Waals surface area (Å²) in [5.74, 6) is 0.129. The second-order valence-electron chi connectivity index (χ2n) is 10.8. The minimum Gasteiger partial charge on any atom is -0.497 e. The number of nitrogens with zero attached hydrogens (tertiary/aromatic N) is 5. The average molecular weight is 563 g/mol. The standard InChI is InChI=1S/C33H34N6O3/c1-22(39-30-15-9-8-14-29(30)36-37-39)33(41)38(26-20-24-10-6-7-13-28(24)34-21-26)31(23-16-18-27(42-2)19-17-23)32(40)35-25-11-4-3-5-12-25/h6-10,13-22,25,31H,3-5,11-12H2,1-2H3,(H,35,40)/t22-,31+/m0/s1. The van der Waals surface area contributed by atoms with E-state index in [-0.39, 0.29) is 17.9 Å².